The van der Waals surface area contributed by atoms with Gasteiger partial charge in [-0.25, -0.2) is 0 Å². The van der Waals surface area contributed by atoms with Crippen LogP contribution in [0.1, 0.15) is 23.5 Å². The Hall–Kier alpha value is -1.72. The average Bonchev–Trinajstić information content (AvgIpc) is 3.07. The van der Waals surface area contributed by atoms with Crippen molar-refractivity contribution in [1.82, 2.24) is 0 Å². The molecule has 1 fully saturated rings. The summed E-state index contributed by atoms with van der Waals surface area (Å²) in [4.78, 5) is 10.7. The summed E-state index contributed by atoms with van der Waals surface area (Å²) in [6.07, 6.45) is -4.12. The normalized spacial score (nSPS) is 22.7. The molecule has 0 radical (unpaired) electrons. The third-order valence-corrected chi connectivity index (χ3v) is 3.06. The molecular weight excluding hydrogens is 249 g/mol. The summed E-state index contributed by atoms with van der Waals surface area (Å²) in [5.41, 5.74) is -0.464. The van der Waals surface area contributed by atoms with Crippen LogP contribution < -0.4 is 4.74 Å². The largest absolute Gasteiger partial charge is 0.496 e. The highest BCUT2D eigenvalue weighted by Crippen LogP contribution is 2.49. The molecule has 3 nitrogen and oxygen atoms in total. The summed E-state index contributed by atoms with van der Waals surface area (Å²) in [6.45, 7) is 0. The van der Waals surface area contributed by atoms with Crippen LogP contribution in [0.4, 0.5) is 13.2 Å². The number of benzene rings is 1. The van der Waals surface area contributed by atoms with Gasteiger partial charge in [-0.15, -0.1) is 0 Å². The molecule has 0 spiro atoms. The number of halogens is 3. The van der Waals surface area contributed by atoms with Gasteiger partial charge in [-0.05, 0) is 30.0 Å². The number of aliphatic carboxylic acids is 1. The molecule has 0 aliphatic heterocycles. The second kappa shape index (κ2) is 4.19. The van der Waals surface area contributed by atoms with Crippen molar-refractivity contribution >= 4 is 5.97 Å². The lowest BCUT2D eigenvalue weighted by atomic mass is 10.0. The maximum absolute atomic E-state index is 12.8. The second-order valence-corrected chi connectivity index (χ2v) is 4.24. The topological polar surface area (TPSA) is 46.5 Å². The molecule has 18 heavy (non-hydrogen) atoms. The Morgan fingerprint density at radius 1 is 1.44 bits per heavy atom. The fraction of sp³-hybridized carbons (Fsp3) is 0.417. The number of carboxylic acid groups (broad SMARTS) is 1. The molecule has 2 rings (SSSR count). The molecule has 0 unspecified atom stereocenters. The summed E-state index contributed by atoms with van der Waals surface area (Å²) in [6, 6.07) is 3.70. The number of alkyl halides is 3. The Morgan fingerprint density at radius 2 is 2.11 bits per heavy atom. The average molecular weight is 260 g/mol. The number of carboxylic acids is 1. The lowest BCUT2D eigenvalue weighted by Crippen LogP contribution is -2.08. The van der Waals surface area contributed by atoms with E-state index in [9.17, 15) is 18.0 Å². The molecule has 98 valence electrons. The highest BCUT2D eigenvalue weighted by molar-refractivity contribution is 5.75. The van der Waals surface area contributed by atoms with Gasteiger partial charge >= 0.3 is 12.1 Å². The maximum atomic E-state index is 12.8. The van der Waals surface area contributed by atoms with E-state index in [0.717, 1.165) is 6.07 Å². The minimum absolute atomic E-state index is 0.251. The minimum atomic E-state index is -4.50. The summed E-state index contributed by atoms with van der Waals surface area (Å²) in [5, 5.41) is 8.77. The number of carbonyl (C=O) groups is 1. The number of methoxy groups -OCH3 is 1. The summed E-state index contributed by atoms with van der Waals surface area (Å²) in [7, 11) is 1.17. The van der Waals surface area contributed by atoms with Gasteiger partial charge in [0, 0.05) is 0 Å². The van der Waals surface area contributed by atoms with Crippen molar-refractivity contribution in [3.8, 4) is 5.75 Å². The smallest absolute Gasteiger partial charge is 0.419 e. The molecule has 0 bridgehead atoms. The Balaban J connectivity index is 2.33. The molecular formula is C12H11F3O3. The van der Waals surface area contributed by atoms with Gasteiger partial charge in [0.25, 0.3) is 0 Å². The first-order valence-corrected chi connectivity index (χ1v) is 5.32. The Labute approximate surface area is 101 Å². The third-order valence-electron chi connectivity index (χ3n) is 3.06. The SMILES string of the molecule is COc1ccc([C@@H]2C[C@H]2C(=O)O)cc1C(F)(F)F. The van der Waals surface area contributed by atoms with Crippen molar-refractivity contribution in [3.63, 3.8) is 0 Å². The van der Waals surface area contributed by atoms with E-state index in [2.05, 4.69) is 4.74 Å². The first kappa shape index (κ1) is 12.7. The third kappa shape index (κ3) is 2.27. The van der Waals surface area contributed by atoms with E-state index in [1.165, 1.54) is 19.2 Å². The molecule has 6 heteroatoms. The quantitative estimate of drug-likeness (QED) is 0.908. The van der Waals surface area contributed by atoms with Crippen molar-refractivity contribution in [2.75, 3.05) is 7.11 Å². The van der Waals surface area contributed by atoms with Crippen molar-refractivity contribution in [2.24, 2.45) is 5.92 Å². The lowest BCUT2D eigenvalue weighted by molar-refractivity contribution is -0.139. The van der Waals surface area contributed by atoms with Gasteiger partial charge in [-0.2, -0.15) is 13.2 Å². The van der Waals surface area contributed by atoms with E-state index in [0.29, 0.717) is 12.0 Å². The highest BCUT2D eigenvalue weighted by Gasteiger charge is 2.45. The van der Waals surface area contributed by atoms with E-state index in [1.807, 2.05) is 0 Å². The van der Waals surface area contributed by atoms with Crippen LogP contribution in [0.2, 0.25) is 0 Å². The minimum Gasteiger partial charge on any atom is -0.496 e. The molecule has 0 amide bonds. The van der Waals surface area contributed by atoms with Crippen LogP contribution in [-0.4, -0.2) is 18.2 Å². The van der Waals surface area contributed by atoms with E-state index >= 15 is 0 Å². The van der Waals surface area contributed by atoms with Crippen LogP contribution in [0.5, 0.6) is 5.75 Å². The van der Waals surface area contributed by atoms with Crippen LogP contribution in [0.25, 0.3) is 0 Å². The fourth-order valence-electron chi connectivity index (χ4n) is 2.01. The van der Waals surface area contributed by atoms with Gasteiger partial charge < -0.3 is 9.84 Å². The Bertz CT molecular complexity index is 482. The van der Waals surface area contributed by atoms with Crippen molar-refractivity contribution in [2.45, 2.75) is 18.5 Å². The van der Waals surface area contributed by atoms with Crippen LogP contribution in [0, 0.1) is 5.92 Å². The van der Waals surface area contributed by atoms with Crippen LogP contribution in [-0.2, 0) is 11.0 Å². The molecule has 0 saturated heterocycles. The fourth-order valence-corrected chi connectivity index (χ4v) is 2.01. The van der Waals surface area contributed by atoms with E-state index in [4.69, 9.17) is 5.11 Å². The van der Waals surface area contributed by atoms with Gasteiger partial charge in [-0.1, -0.05) is 6.07 Å². The van der Waals surface area contributed by atoms with Gasteiger partial charge in [0.05, 0.1) is 18.6 Å². The van der Waals surface area contributed by atoms with Gasteiger partial charge in [0.15, 0.2) is 0 Å². The van der Waals surface area contributed by atoms with E-state index in [-0.39, 0.29) is 11.7 Å². The molecule has 0 aromatic heterocycles. The Kier molecular flexibility index (Phi) is 2.96. The van der Waals surface area contributed by atoms with Gasteiger partial charge in [0.2, 0.25) is 0 Å². The first-order valence-electron chi connectivity index (χ1n) is 5.32. The molecule has 1 N–H and O–H groups in total. The molecule has 1 aliphatic carbocycles. The Morgan fingerprint density at radius 3 is 2.56 bits per heavy atom. The summed E-state index contributed by atoms with van der Waals surface area (Å²) >= 11 is 0. The molecule has 1 saturated carbocycles. The van der Waals surface area contributed by atoms with E-state index in [1.54, 1.807) is 0 Å². The maximum Gasteiger partial charge on any atom is 0.419 e. The van der Waals surface area contributed by atoms with Gasteiger partial charge in [0.1, 0.15) is 5.75 Å². The molecule has 2 atom stereocenters. The molecule has 1 aromatic rings. The summed E-state index contributed by atoms with van der Waals surface area (Å²) < 4.78 is 42.9. The number of rotatable bonds is 3. The summed E-state index contributed by atoms with van der Waals surface area (Å²) in [5.74, 6) is -2.11. The molecule has 1 aliphatic rings. The van der Waals surface area contributed by atoms with E-state index < -0.39 is 23.6 Å². The number of hydrogen-bond acceptors (Lipinski definition) is 2. The van der Waals surface area contributed by atoms with Crippen molar-refractivity contribution in [1.29, 1.82) is 0 Å². The van der Waals surface area contributed by atoms with Crippen molar-refractivity contribution < 1.29 is 27.8 Å². The highest BCUT2D eigenvalue weighted by atomic mass is 19.4. The predicted octanol–water partition coefficient (Wildman–Crippen LogP) is 2.90. The zero-order valence-corrected chi connectivity index (χ0v) is 9.49. The molecule has 1 aromatic carbocycles. The van der Waals surface area contributed by atoms with Gasteiger partial charge in [-0.3, -0.25) is 4.79 Å². The monoisotopic (exact) mass is 260 g/mol. The predicted molar refractivity (Wildman–Crippen MR) is 56.5 cm³/mol. The standard InChI is InChI=1S/C12H11F3O3/c1-18-10-3-2-6(4-9(10)12(13,14)15)7-5-8(7)11(16)17/h2-4,7-8H,5H2,1H3,(H,16,17)/t7-,8+/m0/s1. The van der Waals surface area contributed by atoms with Crippen LogP contribution in [0.15, 0.2) is 18.2 Å². The first-order chi connectivity index (χ1) is 8.34. The number of hydrogen-bond donors (Lipinski definition) is 1. The second-order valence-electron chi connectivity index (χ2n) is 4.24. The molecule has 0 heterocycles. The zero-order chi connectivity index (χ0) is 13.5. The zero-order valence-electron chi connectivity index (χ0n) is 9.49. The van der Waals surface area contributed by atoms with Crippen LogP contribution in [0.3, 0.4) is 0 Å². The number of ether oxygens (including phenoxy) is 1. The lowest BCUT2D eigenvalue weighted by Gasteiger charge is -2.13. The van der Waals surface area contributed by atoms with Crippen LogP contribution >= 0.6 is 0 Å². The van der Waals surface area contributed by atoms with Crippen molar-refractivity contribution in [3.05, 3.63) is 29.3 Å².